The van der Waals surface area contributed by atoms with Gasteiger partial charge in [-0.15, -0.1) is 0 Å². The smallest absolute Gasteiger partial charge is 0.300 e. The van der Waals surface area contributed by atoms with E-state index in [2.05, 4.69) is 18.7 Å². The maximum atomic E-state index is 11.2. The molecular formula is C12H21N3O2. The first-order chi connectivity index (χ1) is 8.02. The van der Waals surface area contributed by atoms with Crippen LogP contribution >= 0.6 is 0 Å². The first kappa shape index (κ1) is 13.7. The van der Waals surface area contributed by atoms with Crippen molar-refractivity contribution in [3.05, 3.63) is 23.7 Å². The third-order valence-corrected chi connectivity index (χ3v) is 2.53. The van der Waals surface area contributed by atoms with E-state index in [9.17, 15) is 4.79 Å². The van der Waals surface area contributed by atoms with Crippen molar-refractivity contribution in [2.75, 3.05) is 13.6 Å². The molecule has 5 heteroatoms. The van der Waals surface area contributed by atoms with Gasteiger partial charge in [-0.25, -0.2) is 5.84 Å². The molecule has 0 radical (unpaired) electrons. The summed E-state index contributed by atoms with van der Waals surface area (Å²) in [5, 5.41) is 0. The molecule has 0 aliphatic heterocycles. The zero-order valence-corrected chi connectivity index (χ0v) is 10.7. The molecule has 0 fully saturated rings. The van der Waals surface area contributed by atoms with Crippen molar-refractivity contribution in [2.45, 2.75) is 26.8 Å². The molecule has 0 saturated carbocycles. The maximum Gasteiger partial charge on any atom is 0.300 e. The van der Waals surface area contributed by atoms with Gasteiger partial charge in [0.25, 0.3) is 0 Å². The molecule has 0 aromatic carbocycles. The predicted octanol–water partition coefficient (Wildman–Crippen LogP) is 1.36. The van der Waals surface area contributed by atoms with Crippen LogP contribution in [0.2, 0.25) is 0 Å². The van der Waals surface area contributed by atoms with Crippen LogP contribution in [-0.2, 0) is 6.54 Å². The molecule has 3 N–H and O–H groups in total. The third-order valence-electron chi connectivity index (χ3n) is 2.53. The summed E-state index contributed by atoms with van der Waals surface area (Å²) in [6, 6.07) is 3.43. The Morgan fingerprint density at radius 2 is 2.24 bits per heavy atom. The molecule has 1 heterocycles. The van der Waals surface area contributed by atoms with E-state index in [4.69, 9.17) is 10.3 Å². The number of carbonyl (C=O) groups is 1. The zero-order chi connectivity index (χ0) is 12.8. The number of rotatable bonds is 6. The lowest BCUT2D eigenvalue weighted by atomic mass is 10.1. The molecule has 0 aliphatic carbocycles. The fourth-order valence-corrected chi connectivity index (χ4v) is 1.48. The molecule has 1 aromatic heterocycles. The monoisotopic (exact) mass is 239 g/mol. The van der Waals surface area contributed by atoms with Crippen LogP contribution < -0.4 is 11.3 Å². The minimum absolute atomic E-state index is 0.250. The van der Waals surface area contributed by atoms with Crippen LogP contribution in [0.1, 0.15) is 36.6 Å². The van der Waals surface area contributed by atoms with Crippen LogP contribution in [0.3, 0.4) is 0 Å². The first-order valence-electron chi connectivity index (χ1n) is 5.81. The number of nitrogens with one attached hydrogen (secondary N) is 1. The van der Waals surface area contributed by atoms with E-state index in [1.54, 1.807) is 12.1 Å². The van der Waals surface area contributed by atoms with Crippen molar-refractivity contribution in [1.29, 1.82) is 0 Å². The fraction of sp³-hybridized carbons (Fsp3) is 0.583. The summed E-state index contributed by atoms with van der Waals surface area (Å²) < 4.78 is 5.38. The van der Waals surface area contributed by atoms with Gasteiger partial charge < -0.3 is 4.42 Å². The summed E-state index contributed by atoms with van der Waals surface area (Å²) >= 11 is 0. The van der Waals surface area contributed by atoms with Gasteiger partial charge in [-0.2, -0.15) is 0 Å². The van der Waals surface area contributed by atoms with Gasteiger partial charge in [0.1, 0.15) is 5.76 Å². The van der Waals surface area contributed by atoms with E-state index in [-0.39, 0.29) is 5.76 Å². The molecule has 0 spiro atoms. The Bertz CT molecular complexity index is 360. The fourth-order valence-electron chi connectivity index (χ4n) is 1.48. The van der Waals surface area contributed by atoms with E-state index in [0.29, 0.717) is 12.5 Å². The van der Waals surface area contributed by atoms with Gasteiger partial charge in [0.05, 0.1) is 6.54 Å². The summed E-state index contributed by atoms with van der Waals surface area (Å²) in [5.41, 5.74) is 2.04. The number of hydrogen-bond donors (Lipinski definition) is 2. The van der Waals surface area contributed by atoms with Gasteiger partial charge in [-0.1, -0.05) is 13.8 Å². The lowest BCUT2D eigenvalue weighted by Crippen LogP contribution is -2.29. The minimum atomic E-state index is -0.402. The van der Waals surface area contributed by atoms with Gasteiger partial charge in [0.15, 0.2) is 5.76 Å². The highest BCUT2D eigenvalue weighted by molar-refractivity contribution is 5.90. The molecule has 17 heavy (non-hydrogen) atoms. The second kappa shape index (κ2) is 6.42. The highest BCUT2D eigenvalue weighted by atomic mass is 16.4. The zero-order valence-electron chi connectivity index (χ0n) is 10.7. The van der Waals surface area contributed by atoms with E-state index < -0.39 is 5.91 Å². The van der Waals surface area contributed by atoms with Crippen LogP contribution in [-0.4, -0.2) is 24.4 Å². The average Bonchev–Trinajstić information content (AvgIpc) is 2.73. The van der Waals surface area contributed by atoms with Crippen molar-refractivity contribution >= 4 is 5.91 Å². The van der Waals surface area contributed by atoms with Crippen LogP contribution in [0.25, 0.3) is 0 Å². The van der Waals surface area contributed by atoms with Gasteiger partial charge in [-0.05, 0) is 38.1 Å². The van der Waals surface area contributed by atoms with Crippen molar-refractivity contribution in [1.82, 2.24) is 10.3 Å². The van der Waals surface area contributed by atoms with Crippen molar-refractivity contribution in [3.8, 4) is 0 Å². The van der Waals surface area contributed by atoms with Crippen LogP contribution in [0.15, 0.2) is 16.5 Å². The Hall–Kier alpha value is -1.33. The molecule has 0 bridgehead atoms. The summed E-state index contributed by atoms with van der Waals surface area (Å²) in [5.74, 6) is 6.33. The number of hydrogen-bond acceptors (Lipinski definition) is 4. The second-order valence-electron chi connectivity index (χ2n) is 4.66. The van der Waals surface area contributed by atoms with Gasteiger partial charge >= 0.3 is 5.91 Å². The normalized spacial score (nSPS) is 11.2. The summed E-state index contributed by atoms with van der Waals surface area (Å²) in [6.45, 7) is 6.11. The number of nitrogen functional groups attached to an aromatic ring is 1. The Labute approximate surface area is 102 Å². The average molecular weight is 239 g/mol. The molecule has 1 amide bonds. The Balaban J connectivity index is 2.46. The second-order valence-corrected chi connectivity index (χ2v) is 4.66. The predicted molar refractivity (Wildman–Crippen MR) is 66.2 cm³/mol. The molecule has 1 aromatic rings. The third kappa shape index (κ3) is 4.58. The van der Waals surface area contributed by atoms with Crippen molar-refractivity contribution in [2.24, 2.45) is 11.8 Å². The van der Waals surface area contributed by atoms with Gasteiger partial charge in [0, 0.05) is 0 Å². The van der Waals surface area contributed by atoms with E-state index in [1.807, 2.05) is 12.5 Å². The Kier molecular flexibility index (Phi) is 5.18. The number of hydrazine groups is 1. The number of nitrogens with two attached hydrogens (primary N) is 1. The molecule has 1 rings (SSSR count). The number of carbonyl (C=O) groups excluding carboxylic acids is 1. The lowest BCUT2D eigenvalue weighted by Gasteiger charge is -2.16. The number of furan rings is 1. The van der Waals surface area contributed by atoms with Gasteiger partial charge in [-0.3, -0.25) is 15.1 Å². The molecule has 0 aliphatic rings. The molecule has 0 unspecified atom stereocenters. The first-order valence-corrected chi connectivity index (χ1v) is 5.81. The van der Waals surface area contributed by atoms with Crippen LogP contribution in [0.4, 0.5) is 0 Å². The van der Waals surface area contributed by atoms with Crippen molar-refractivity contribution < 1.29 is 9.21 Å². The number of amides is 1. The highest BCUT2D eigenvalue weighted by Crippen LogP contribution is 2.10. The SMILES string of the molecule is CC(C)CCN(C)Cc1ccc(C(=O)NN)o1. The quantitative estimate of drug-likeness (QED) is 0.447. The van der Waals surface area contributed by atoms with Gasteiger partial charge in [0.2, 0.25) is 0 Å². The molecule has 96 valence electrons. The Morgan fingerprint density at radius 3 is 2.82 bits per heavy atom. The summed E-state index contributed by atoms with van der Waals surface area (Å²) in [7, 11) is 2.04. The minimum Gasteiger partial charge on any atom is -0.455 e. The lowest BCUT2D eigenvalue weighted by molar-refractivity contribution is 0.0922. The topological polar surface area (TPSA) is 71.5 Å². The standard InChI is InChI=1S/C12H21N3O2/c1-9(2)6-7-15(3)8-10-4-5-11(17-10)12(16)14-13/h4-5,9H,6-8,13H2,1-3H3,(H,14,16). The maximum absolute atomic E-state index is 11.2. The Morgan fingerprint density at radius 1 is 1.53 bits per heavy atom. The van der Waals surface area contributed by atoms with E-state index in [1.165, 1.54) is 0 Å². The molecule has 0 atom stereocenters. The van der Waals surface area contributed by atoms with Crippen molar-refractivity contribution in [3.63, 3.8) is 0 Å². The number of nitrogens with zero attached hydrogens (tertiary/aromatic N) is 1. The summed E-state index contributed by atoms with van der Waals surface area (Å²) in [6.07, 6.45) is 1.15. The summed E-state index contributed by atoms with van der Waals surface area (Å²) in [4.78, 5) is 13.4. The molecule has 5 nitrogen and oxygen atoms in total. The van der Waals surface area contributed by atoms with E-state index >= 15 is 0 Å². The molecule has 0 saturated heterocycles. The van der Waals surface area contributed by atoms with E-state index in [0.717, 1.165) is 18.7 Å². The highest BCUT2D eigenvalue weighted by Gasteiger charge is 2.10. The largest absolute Gasteiger partial charge is 0.455 e. The van der Waals surface area contributed by atoms with Crippen LogP contribution in [0.5, 0.6) is 0 Å². The molecular weight excluding hydrogens is 218 g/mol. The van der Waals surface area contributed by atoms with Crippen LogP contribution in [0, 0.1) is 5.92 Å².